The fourth-order valence-corrected chi connectivity index (χ4v) is 3.79. The van der Waals surface area contributed by atoms with Gasteiger partial charge in [-0.2, -0.15) is 0 Å². The van der Waals surface area contributed by atoms with E-state index in [0.717, 1.165) is 11.1 Å². The third kappa shape index (κ3) is 9.17. The number of ketones is 1. The predicted octanol–water partition coefficient (Wildman–Crippen LogP) is 2.94. The van der Waals surface area contributed by atoms with Gasteiger partial charge in [-0.05, 0) is 57.4 Å². The minimum atomic E-state index is -1.75. The van der Waals surface area contributed by atoms with Crippen LogP contribution >= 0.6 is 11.6 Å². The van der Waals surface area contributed by atoms with Gasteiger partial charge in [0, 0.05) is 36.5 Å². The molecule has 1 aromatic rings. The molecule has 35 heavy (non-hydrogen) atoms. The Morgan fingerprint density at radius 1 is 1.17 bits per heavy atom. The second-order valence-electron chi connectivity index (χ2n) is 10.2. The molecule has 1 saturated heterocycles. The van der Waals surface area contributed by atoms with Crippen LogP contribution in [0.15, 0.2) is 18.2 Å². The van der Waals surface area contributed by atoms with E-state index in [-0.39, 0.29) is 31.3 Å². The van der Waals surface area contributed by atoms with Crippen LogP contribution < -0.4 is 16.0 Å². The summed E-state index contributed by atoms with van der Waals surface area (Å²) in [4.78, 5) is 37.5. The van der Waals surface area contributed by atoms with Crippen molar-refractivity contribution in [2.45, 2.75) is 78.3 Å². The Hall–Kier alpha value is -2.60. The van der Waals surface area contributed by atoms with Gasteiger partial charge in [-0.25, -0.2) is 4.79 Å². The number of halogens is 1. The lowest BCUT2D eigenvalue weighted by molar-refractivity contribution is -0.134. The Kier molecular flexibility index (Phi) is 9.73. The van der Waals surface area contributed by atoms with E-state index < -0.39 is 35.0 Å². The van der Waals surface area contributed by atoms with Crippen molar-refractivity contribution < 1.29 is 24.2 Å². The van der Waals surface area contributed by atoms with Crippen LogP contribution in [0.3, 0.4) is 0 Å². The number of amides is 2. The van der Waals surface area contributed by atoms with E-state index in [1.807, 2.05) is 13.8 Å². The molecule has 1 aliphatic rings. The Morgan fingerprint density at radius 3 is 2.46 bits per heavy atom. The minimum Gasteiger partial charge on any atom is -0.444 e. The quantitative estimate of drug-likeness (QED) is 0.423. The van der Waals surface area contributed by atoms with E-state index in [1.165, 1.54) is 6.92 Å². The second kappa shape index (κ2) is 11.9. The molecule has 8 nitrogen and oxygen atoms in total. The number of benzene rings is 1. The number of hydrogen-bond donors (Lipinski definition) is 4. The average molecular weight is 506 g/mol. The lowest BCUT2D eigenvalue weighted by Crippen LogP contribution is -2.40. The summed E-state index contributed by atoms with van der Waals surface area (Å²) in [5, 5.41) is 19.6. The first kappa shape index (κ1) is 28.6. The predicted molar refractivity (Wildman–Crippen MR) is 135 cm³/mol. The number of hydrogen-bond acceptors (Lipinski definition) is 6. The first-order chi connectivity index (χ1) is 16.2. The van der Waals surface area contributed by atoms with E-state index in [4.69, 9.17) is 16.3 Å². The maximum Gasteiger partial charge on any atom is 0.407 e. The van der Waals surface area contributed by atoms with Gasteiger partial charge in [-0.15, -0.1) is 0 Å². The summed E-state index contributed by atoms with van der Waals surface area (Å²) in [5.41, 5.74) is -0.825. The van der Waals surface area contributed by atoms with E-state index in [0.29, 0.717) is 11.6 Å². The number of carbonyl (C=O) groups is 3. The Labute approximate surface area is 212 Å². The molecule has 1 fully saturated rings. The number of aliphatic hydroxyl groups is 1. The lowest BCUT2D eigenvalue weighted by Gasteiger charge is -2.20. The highest BCUT2D eigenvalue weighted by atomic mass is 35.5. The van der Waals surface area contributed by atoms with E-state index in [2.05, 4.69) is 27.8 Å². The van der Waals surface area contributed by atoms with Gasteiger partial charge in [0.25, 0.3) is 0 Å². The summed E-state index contributed by atoms with van der Waals surface area (Å²) in [5.74, 6) is 4.35. The SMILES string of the molecule is CC(C)C#CC(C)(O)C(=O)C1CN[C@H](C(=O)NCc2cc(Cl)ccc2CNC(=O)OC(C)(C)C)C1. The van der Waals surface area contributed by atoms with Gasteiger partial charge < -0.3 is 25.8 Å². The summed E-state index contributed by atoms with van der Waals surface area (Å²) < 4.78 is 5.26. The third-order valence-corrected chi connectivity index (χ3v) is 5.58. The fourth-order valence-electron chi connectivity index (χ4n) is 3.60. The topological polar surface area (TPSA) is 117 Å². The molecule has 0 radical (unpaired) electrons. The normalized spacial score (nSPS) is 19.3. The molecule has 1 heterocycles. The number of ether oxygens (including phenoxy) is 1. The molecule has 2 rings (SSSR count). The van der Waals surface area contributed by atoms with Gasteiger partial charge in [-0.3, -0.25) is 9.59 Å². The highest BCUT2D eigenvalue weighted by Gasteiger charge is 2.40. The zero-order valence-electron chi connectivity index (χ0n) is 21.3. The van der Waals surface area contributed by atoms with Gasteiger partial charge in [0.2, 0.25) is 5.91 Å². The molecule has 9 heteroatoms. The van der Waals surface area contributed by atoms with Gasteiger partial charge in [0.05, 0.1) is 6.04 Å². The fraction of sp³-hybridized carbons (Fsp3) is 0.577. The van der Waals surface area contributed by atoms with Gasteiger partial charge >= 0.3 is 6.09 Å². The highest BCUT2D eigenvalue weighted by Crippen LogP contribution is 2.22. The van der Waals surface area contributed by atoms with Crippen molar-refractivity contribution in [3.63, 3.8) is 0 Å². The summed E-state index contributed by atoms with van der Waals surface area (Å²) in [6, 6.07) is 4.65. The van der Waals surface area contributed by atoms with Crippen LogP contribution in [0.2, 0.25) is 5.02 Å². The highest BCUT2D eigenvalue weighted by molar-refractivity contribution is 6.30. The van der Waals surface area contributed by atoms with Crippen LogP contribution in [0.1, 0.15) is 59.1 Å². The van der Waals surface area contributed by atoms with Crippen LogP contribution in [0.25, 0.3) is 0 Å². The van der Waals surface area contributed by atoms with Crippen molar-refractivity contribution in [3.05, 3.63) is 34.3 Å². The molecule has 0 bridgehead atoms. The molecule has 0 aliphatic carbocycles. The molecule has 1 aliphatic heterocycles. The van der Waals surface area contributed by atoms with Gasteiger partial charge in [-0.1, -0.05) is 43.4 Å². The summed E-state index contributed by atoms with van der Waals surface area (Å²) in [7, 11) is 0. The zero-order chi connectivity index (χ0) is 26.4. The molecule has 192 valence electrons. The number of nitrogens with one attached hydrogen (secondary N) is 3. The third-order valence-electron chi connectivity index (χ3n) is 5.35. The molecular weight excluding hydrogens is 470 g/mol. The van der Waals surface area contributed by atoms with Gasteiger partial charge in [0.1, 0.15) is 5.60 Å². The average Bonchev–Trinajstić information content (AvgIpc) is 3.24. The maximum atomic E-state index is 12.8. The van der Waals surface area contributed by atoms with Gasteiger partial charge in [0.15, 0.2) is 11.4 Å². The lowest BCUT2D eigenvalue weighted by atomic mass is 9.88. The van der Waals surface area contributed by atoms with Crippen molar-refractivity contribution in [3.8, 4) is 11.8 Å². The number of rotatable bonds is 7. The molecule has 3 atom stereocenters. The van der Waals surface area contributed by atoms with Crippen molar-refractivity contribution in [2.75, 3.05) is 6.54 Å². The summed E-state index contributed by atoms with van der Waals surface area (Å²) >= 11 is 6.14. The molecular formula is C26H36ClN3O5. The maximum absolute atomic E-state index is 12.8. The first-order valence-corrected chi connectivity index (χ1v) is 12.1. The Balaban J connectivity index is 1.96. The Bertz CT molecular complexity index is 1000. The standard InChI is InChI=1S/C26H36ClN3O5/c1-16(2)9-10-26(6,34)22(31)19-12-21(28-15-19)23(32)29-14-18-11-20(27)8-7-17(18)13-30-24(33)35-25(3,4)5/h7-8,11,16,19,21,28,34H,12-15H2,1-6H3,(H,29,32)(H,30,33)/t19?,21-,26?/m0/s1. The van der Waals surface area contributed by atoms with Crippen molar-refractivity contribution >= 4 is 29.4 Å². The number of alkyl carbamates (subject to hydrolysis) is 1. The molecule has 2 amide bonds. The summed E-state index contributed by atoms with van der Waals surface area (Å²) in [6.07, 6.45) is -0.269. The smallest absolute Gasteiger partial charge is 0.407 e. The molecule has 0 spiro atoms. The Morgan fingerprint density at radius 2 is 1.83 bits per heavy atom. The van der Waals surface area contributed by atoms with E-state index in [9.17, 15) is 19.5 Å². The van der Waals surface area contributed by atoms with Crippen molar-refractivity contribution in [2.24, 2.45) is 11.8 Å². The largest absolute Gasteiger partial charge is 0.444 e. The van der Waals surface area contributed by atoms with Crippen LogP contribution in [0.4, 0.5) is 4.79 Å². The molecule has 2 unspecified atom stereocenters. The van der Waals surface area contributed by atoms with Crippen molar-refractivity contribution in [1.29, 1.82) is 0 Å². The molecule has 4 N–H and O–H groups in total. The van der Waals surface area contributed by atoms with Crippen LogP contribution in [0.5, 0.6) is 0 Å². The first-order valence-electron chi connectivity index (χ1n) is 11.7. The van der Waals surface area contributed by atoms with Crippen LogP contribution in [0, 0.1) is 23.7 Å². The monoisotopic (exact) mass is 505 g/mol. The number of carbonyl (C=O) groups excluding carboxylic acids is 3. The second-order valence-corrected chi connectivity index (χ2v) is 10.7. The van der Waals surface area contributed by atoms with E-state index >= 15 is 0 Å². The van der Waals surface area contributed by atoms with Crippen LogP contribution in [-0.2, 0) is 27.4 Å². The van der Waals surface area contributed by atoms with E-state index in [1.54, 1.807) is 39.0 Å². The molecule has 0 saturated carbocycles. The molecule has 0 aromatic heterocycles. The zero-order valence-corrected chi connectivity index (χ0v) is 22.0. The summed E-state index contributed by atoms with van der Waals surface area (Å²) in [6.45, 7) is 11.2. The molecule has 1 aromatic carbocycles. The number of Topliss-reactive ketones (excluding diaryl/α,β-unsaturated/α-hetero) is 1. The van der Waals surface area contributed by atoms with Crippen LogP contribution in [-0.4, -0.2) is 46.7 Å². The minimum absolute atomic E-state index is 0.0326. The van der Waals surface area contributed by atoms with Crippen molar-refractivity contribution in [1.82, 2.24) is 16.0 Å².